The van der Waals surface area contributed by atoms with Crippen molar-refractivity contribution in [3.8, 4) is 11.8 Å². The molecule has 1 aliphatic rings. The summed E-state index contributed by atoms with van der Waals surface area (Å²) >= 11 is 0. The Morgan fingerprint density at radius 2 is 1.69 bits per heavy atom. The third-order valence-electron chi connectivity index (χ3n) is 7.39. The Labute approximate surface area is 242 Å². The topological polar surface area (TPSA) is 132 Å². The standard InChI is InChI=1S/C30H35F3N4O5/c1-29(2,3)22-8-11-24(12-9-22)37(18-19-4-6-20(7-5-19)27(40)35-15-14-26(38)39)28(41)36-23-10-13-25(21(16-23)17-34)42-30(31,32)33/h4-7,10,13,16,22,24H,8-9,11-12,14-15,18H2,1-3H3,(H,35,40)(H,36,41)(H,38,39). The summed E-state index contributed by atoms with van der Waals surface area (Å²) in [6, 6.07) is 11.1. The van der Waals surface area contributed by atoms with Crippen LogP contribution in [0, 0.1) is 22.7 Å². The molecule has 0 atom stereocenters. The maximum atomic E-state index is 13.6. The lowest BCUT2D eigenvalue weighted by Gasteiger charge is -2.41. The number of ether oxygens (including phenoxy) is 1. The number of nitrogens with zero attached hydrogens (tertiary/aromatic N) is 2. The van der Waals surface area contributed by atoms with E-state index in [-0.39, 0.29) is 42.2 Å². The fourth-order valence-corrected chi connectivity index (χ4v) is 5.07. The van der Waals surface area contributed by atoms with Crippen LogP contribution in [0.4, 0.5) is 23.7 Å². The quantitative estimate of drug-likeness (QED) is 0.315. The van der Waals surface area contributed by atoms with Gasteiger partial charge in [0, 0.05) is 30.4 Å². The zero-order valence-corrected chi connectivity index (χ0v) is 23.8. The smallest absolute Gasteiger partial charge is 0.481 e. The molecule has 0 aromatic heterocycles. The van der Waals surface area contributed by atoms with E-state index in [4.69, 9.17) is 5.11 Å². The number of alkyl halides is 3. The van der Waals surface area contributed by atoms with Crippen molar-refractivity contribution >= 4 is 23.6 Å². The van der Waals surface area contributed by atoms with Crippen LogP contribution in [0.1, 0.15) is 74.4 Å². The van der Waals surface area contributed by atoms with Gasteiger partial charge in [0.2, 0.25) is 0 Å². The Kier molecular flexibility index (Phi) is 10.4. The number of anilines is 1. The Balaban J connectivity index is 1.78. The molecular formula is C30H35F3N4O5. The summed E-state index contributed by atoms with van der Waals surface area (Å²) in [7, 11) is 0. The van der Waals surface area contributed by atoms with Gasteiger partial charge in [-0.2, -0.15) is 5.26 Å². The summed E-state index contributed by atoms with van der Waals surface area (Å²) in [5.41, 5.74) is 0.993. The van der Waals surface area contributed by atoms with Gasteiger partial charge in [-0.25, -0.2) is 4.79 Å². The van der Waals surface area contributed by atoms with Crippen LogP contribution in [0.15, 0.2) is 42.5 Å². The number of aliphatic carboxylic acids is 1. The Morgan fingerprint density at radius 3 is 2.24 bits per heavy atom. The predicted molar refractivity (Wildman–Crippen MR) is 149 cm³/mol. The average Bonchev–Trinajstić information content (AvgIpc) is 2.91. The number of nitrogens with one attached hydrogen (secondary N) is 2. The third kappa shape index (κ3) is 9.39. The first-order valence-corrected chi connectivity index (χ1v) is 13.6. The van der Waals surface area contributed by atoms with Crippen LogP contribution in [0.3, 0.4) is 0 Å². The molecule has 3 amide bonds. The zero-order chi connectivity index (χ0) is 31.1. The van der Waals surface area contributed by atoms with Gasteiger partial charge in [0.15, 0.2) is 0 Å². The molecule has 1 aliphatic carbocycles. The first kappa shape index (κ1) is 32.2. The highest BCUT2D eigenvalue weighted by Crippen LogP contribution is 2.39. The molecule has 226 valence electrons. The minimum atomic E-state index is -4.96. The summed E-state index contributed by atoms with van der Waals surface area (Å²) < 4.78 is 42.0. The van der Waals surface area contributed by atoms with E-state index in [2.05, 4.69) is 36.1 Å². The van der Waals surface area contributed by atoms with Crippen molar-refractivity contribution in [1.29, 1.82) is 5.26 Å². The van der Waals surface area contributed by atoms with Crippen molar-refractivity contribution in [2.75, 3.05) is 11.9 Å². The second-order valence-electron chi connectivity index (χ2n) is 11.4. The molecule has 0 spiro atoms. The highest BCUT2D eigenvalue weighted by molar-refractivity contribution is 5.94. The number of carboxylic acid groups (broad SMARTS) is 1. The molecule has 3 N–H and O–H groups in total. The molecule has 1 fully saturated rings. The van der Waals surface area contributed by atoms with Gasteiger partial charge in [0.05, 0.1) is 12.0 Å². The van der Waals surface area contributed by atoms with Gasteiger partial charge < -0.3 is 25.4 Å². The summed E-state index contributed by atoms with van der Waals surface area (Å²) in [5, 5.41) is 23.3. The Bertz CT molecular complexity index is 1310. The van der Waals surface area contributed by atoms with E-state index in [9.17, 15) is 32.8 Å². The lowest BCUT2D eigenvalue weighted by Crippen LogP contribution is -2.45. The molecule has 0 bridgehead atoms. The normalized spacial score (nSPS) is 17.1. The Morgan fingerprint density at radius 1 is 1.05 bits per heavy atom. The lowest BCUT2D eigenvalue weighted by atomic mass is 9.71. The van der Waals surface area contributed by atoms with Gasteiger partial charge >= 0.3 is 18.4 Å². The number of rotatable bonds is 9. The van der Waals surface area contributed by atoms with Crippen molar-refractivity contribution in [2.24, 2.45) is 11.3 Å². The number of halogens is 3. The van der Waals surface area contributed by atoms with Crippen LogP contribution in [0.2, 0.25) is 0 Å². The average molecular weight is 589 g/mol. The van der Waals surface area contributed by atoms with Crippen LogP contribution in [-0.2, 0) is 11.3 Å². The molecule has 0 heterocycles. The number of carbonyl (C=O) groups is 3. The summed E-state index contributed by atoms with van der Waals surface area (Å²) in [4.78, 5) is 38.2. The van der Waals surface area contributed by atoms with E-state index in [1.807, 2.05) is 0 Å². The number of carbonyl (C=O) groups excluding carboxylic acids is 2. The van der Waals surface area contributed by atoms with Gasteiger partial charge in [0.25, 0.3) is 5.91 Å². The summed E-state index contributed by atoms with van der Waals surface area (Å²) in [6.45, 7) is 6.79. The molecule has 2 aromatic rings. The van der Waals surface area contributed by atoms with E-state index in [0.29, 0.717) is 11.5 Å². The van der Waals surface area contributed by atoms with Crippen molar-refractivity contribution in [3.05, 3.63) is 59.2 Å². The van der Waals surface area contributed by atoms with E-state index < -0.39 is 30.0 Å². The second-order valence-corrected chi connectivity index (χ2v) is 11.4. The maximum absolute atomic E-state index is 13.6. The molecule has 9 nitrogen and oxygen atoms in total. The first-order chi connectivity index (χ1) is 19.7. The molecule has 3 rings (SSSR count). The molecule has 0 aliphatic heterocycles. The lowest BCUT2D eigenvalue weighted by molar-refractivity contribution is -0.274. The molecule has 12 heteroatoms. The zero-order valence-electron chi connectivity index (χ0n) is 23.8. The van der Waals surface area contributed by atoms with Gasteiger partial charge in [-0.05, 0) is 72.9 Å². The molecule has 0 saturated heterocycles. The second kappa shape index (κ2) is 13.6. The van der Waals surface area contributed by atoms with Crippen LogP contribution in [-0.4, -0.2) is 46.9 Å². The van der Waals surface area contributed by atoms with Gasteiger partial charge in [0.1, 0.15) is 11.8 Å². The molecular weight excluding hydrogens is 553 g/mol. The summed E-state index contributed by atoms with van der Waals surface area (Å²) in [6.07, 6.45) is -1.78. The molecule has 0 unspecified atom stereocenters. The van der Waals surface area contributed by atoms with Crippen molar-refractivity contribution in [3.63, 3.8) is 0 Å². The first-order valence-electron chi connectivity index (χ1n) is 13.6. The van der Waals surface area contributed by atoms with Crippen LogP contribution in [0.25, 0.3) is 0 Å². The van der Waals surface area contributed by atoms with Gasteiger partial charge in [-0.1, -0.05) is 32.9 Å². The predicted octanol–water partition coefficient (Wildman–Crippen LogP) is 6.30. The van der Waals surface area contributed by atoms with Crippen molar-refractivity contribution < 1.29 is 37.4 Å². The third-order valence-corrected chi connectivity index (χ3v) is 7.39. The number of carboxylic acids is 1. The minimum absolute atomic E-state index is 0.00205. The number of urea groups is 1. The molecule has 42 heavy (non-hydrogen) atoms. The number of nitriles is 1. The molecule has 1 saturated carbocycles. The van der Waals surface area contributed by atoms with Crippen molar-refractivity contribution in [1.82, 2.24) is 10.2 Å². The molecule has 2 aromatic carbocycles. The number of benzene rings is 2. The van der Waals surface area contributed by atoms with Crippen LogP contribution < -0.4 is 15.4 Å². The molecule has 0 radical (unpaired) electrons. The highest BCUT2D eigenvalue weighted by Gasteiger charge is 2.34. The largest absolute Gasteiger partial charge is 0.573 e. The fraction of sp³-hybridized carbons (Fsp3) is 0.467. The van der Waals surface area contributed by atoms with Gasteiger partial charge in [-0.15, -0.1) is 13.2 Å². The number of hydrogen-bond donors (Lipinski definition) is 3. The summed E-state index contributed by atoms with van der Waals surface area (Å²) in [5.74, 6) is -1.59. The van der Waals surface area contributed by atoms with Crippen molar-refractivity contribution in [2.45, 2.75) is 71.8 Å². The van der Waals surface area contributed by atoms with E-state index in [1.165, 1.54) is 6.07 Å². The maximum Gasteiger partial charge on any atom is 0.573 e. The number of amides is 3. The van der Waals surface area contributed by atoms with E-state index in [1.54, 1.807) is 35.2 Å². The SMILES string of the molecule is CC(C)(C)C1CCC(N(Cc2ccc(C(=O)NCCC(=O)O)cc2)C(=O)Nc2ccc(OC(F)(F)F)c(C#N)c2)CC1. The monoisotopic (exact) mass is 588 g/mol. The van der Waals surface area contributed by atoms with Crippen LogP contribution >= 0.6 is 0 Å². The minimum Gasteiger partial charge on any atom is -0.481 e. The Hall–Kier alpha value is -4.27. The van der Waals surface area contributed by atoms with Crippen LogP contribution in [0.5, 0.6) is 5.75 Å². The fourth-order valence-electron chi connectivity index (χ4n) is 5.07. The van der Waals surface area contributed by atoms with E-state index >= 15 is 0 Å². The number of hydrogen-bond acceptors (Lipinski definition) is 5. The highest BCUT2D eigenvalue weighted by atomic mass is 19.4. The van der Waals surface area contributed by atoms with Gasteiger partial charge in [-0.3, -0.25) is 9.59 Å². The van der Waals surface area contributed by atoms with E-state index in [0.717, 1.165) is 43.4 Å².